The highest BCUT2D eigenvalue weighted by Gasteiger charge is 2.13. The van der Waals surface area contributed by atoms with Crippen molar-refractivity contribution >= 4 is 38.5 Å². The number of rotatable bonds is 6. The summed E-state index contributed by atoms with van der Waals surface area (Å²) in [5.74, 6) is 3.57. The largest absolute Gasteiger partial charge is 0.369 e. The van der Waals surface area contributed by atoms with Gasteiger partial charge in [0.1, 0.15) is 12.4 Å². The van der Waals surface area contributed by atoms with Crippen molar-refractivity contribution in [2.45, 2.75) is 6.73 Å². The Bertz CT molecular complexity index is 645. The number of thioether (sulfide) groups is 1. The van der Waals surface area contributed by atoms with E-state index in [1.807, 2.05) is 18.0 Å². The first kappa shape index (κ1) is 17.0. The Morgan fingerprint density at radius 1 is 1.26 bits per heavy atom. The average Bonchev–Trinajstić information content (AvgIpc) is 2.94. The molecule has 0 N–H and O–H groups in total. The van der Waals surface area contributed by atoms with Gasteiger partial charge < -0.3 is 14.2 Å². The summed E-state index contributed by atoms with van der Waals surface area (Å²) in [7, 11) is -0.483. The molecule has 0 aliphatic carbocycles. The molecule has 1 saturated heterocycles. The van der Waals surface area contributed by atoms with Gasteiger partial charge in [-0.05, 0) is 30.9 Å². The van der Waals surface area contributed by atoms with Crippen LogP contribution in [0.1, 0.15) is 0 Å². The van der Waals surface area contributed by atoms with Gasteiger partial charge in [-0.1, -0.05) is 0 Å². The second kappa shape index (κ2) is 7.36. The van der Waals surface area contributed by atoms with Crippen LogP contribution in [0, 0.1) is 0 Å². The molecule has 0 amide bonds. The van der Waals surface area contributed by atoms with E-state index >= 15 is 0 Å². The summed E-state index contributed by atoms with van der Waals surface area (Å²) >= 11 is 2.03. The molecule has 0 saturated carbocycles. The first-order valence-electron chi connectivity index (χ1n) is 8.04. The number of hydrogen-bond acceptors (Lipinski definition) is 4. The van der Waals surface area contributed by atoms with Gasteiger partial charge in [0.2, 0.25) is 0 Å². The number of anilines is 1. The van der Waals surface area contributed by atoms with Crippen LogP contribution in [0.15, 0.2) is 24.5 Å². The van der Waals surface area contributed by atoms with Crippen molar-refractivity contribution in [2.75, 3.05) is 60.6 Å². The summed E-state index contributed by atoms with van der Waals surface area (Å²) in [5.41, 5.74) is 2.26. The second-order valence-corrected chi connectivity index (χ2v) is 12.6. The zero-order valence-corrected chi connectivity index (χ0v) is 16.0. The average molecular weight is 354 g/mol. The van der Waals surface area contributed by atoms with Crippen molar-refractivity contribution in [3.63, 3.8) is 0 Å². The SMILES string of the molecule is CS(C)(C)CCOCn1ccc2cc(N3CCSCC3)cnc21. The maximum Gasteiger partial charge on any atom is 0.141 e. The standard InChI is InChI=1S/C17H27N3OS2/c1-23(2,3)11-8-21-14-20-5-4-15-12-16(13-18-17(15)20)19-6-9-22-10-7-19/h4-5,12-13H,6-11,14H2,1-3H3. The highest BCUT2D eigenvalue weighted by Crippen LogP contribution is 2.33. The van der Waals surface area contributed by atoms with Crippen LogP contribution in [-0.2, 0) is 11.5 Å². The lowest BCUT2D eigenvalue weighted by Gasteiger charge is -2.28. The summed E-state index contributed by atoms with van der Waals surface area (Å²) in [6.07, 6.45) is 11.1. The zero-order chi connectivity index (χ0) is 16.3. The van der Waals surface area contributed by atoms with E-state index in [1.54, 1.807) is 0 Å². The Morgan fingerprint density at radius 2 is 2.04 bits per heavy atom. The highest BCUT2D eigenvalue weighted by atomic mass is 32.3. The lowest BCUT2D eigenvalue weighted by Crippen LogP contribution is -2.32. The Balaban J connectivity index is 1.64. The second-order valence-electron chi connectivity index (χ2n) is 6.82. The van der Waals surface area contributed by atoms with E-state index in [0.717, 1.165) is 31.1 Å². The molecule has 2 aromatic heterocycles. The molecular formula is C17H27N3OS2. The van der Waals surface area contributed by atoms with E-state index in [9.17, 15) is 0 Å². The number of pyridine rings is 1. The summed E-state index contributed by atoms with van der Waals surface area (Å²) in [6.45, 7) is 3.65. The topological polar surface area (TPSA) is 30.3 Å². The number of hydrogen-bond donors (Lipinski definition) is 0. The molecule has 0 bridgehead atoms. The van der Waals surface area contributed by atoms with Crippen LogP contribution >= 0.6 is 21.8 Å². The van der Waals surface area contributed by atoms with E-state index in [-0.39, 0.29) is 0 Å². The fraction of sp³-hybridized carbons (Fsp3) is 0.588. The molecule has 1 fully saturated rings. The monoisotopic (exact) mass is 353 g/mol. The van der Waals surface area contributed by atoms with Gasteiger partial charge in [0.15, 0.2) is 0 Å². The summed E-state index contributed by atoms with van der Waals surface area (Å²) in [4.78, 5) is 7.12. The van der Waals surface area contributed by atoms with Gasteiger partial charge in [-0.2, -0.15) is 11.8 Å². The molecule has 0 atom stereocenters. The molecule has 0 aromatic carbocycles. The first-order chi connectivity index (χ1) is 11.0. The molecule has 128 valence electrons. The van der Waals surface area contributed by atoms with Crippen molar-refractivity contribution in [3.8, 4) is 0 Å². The third-order valence-corrected chi connectivity index (χ3v) is 6.37. The van der Waals surface area contributed by atoms with Crippen molar-refractivity contribution in [2.24, 2.45) is 0 Å². The quantitative estimate of drug-likeness (QED) is 0.746. The number of fused-ring (bicyclic) bond motifs is 1. The Labute approximate surface area is 144 Å². The highest BCUT2D eigenvalue weighted by molar-refractivity contribution is 8.32. The van der Waals surface area contributed by atoms with Gasteiger partial charge in [0.05, 0.1) is 18.5 Å². The molecule has 23 heavy (non-hydrogen) atoms. The van der Waals surface area contributed by atoms with Gasteiger partial charge >= 0.3 is 0 Å². The number of aromatic nitrogens is 2. The molecule has 2 aromatic rings. The van der Waals surface area contributed by atoms with E-state index in [0.29, 0.717) is 6.73 Å². The predicted octanol–water partition coefficient (Wildman–Crippen LogP) is 3.26. The molecule has 0 unspecified atom stereocenters. The molecule has 1 aliphatic rings. The predicted molar refractivity (Wildman–Crippen MR) is 105 cm³/mol. The molecule has 1 aliphatic heterocycles. The van der Waals surface area contributed by atoms with Crippen LogP contribution in [0.5, 0.6) is 0 Å². The third-order valence-electron chi connectivity index (χ3n) is 4.03. The summed E-state index contributed by atoms with van der Waals surface area (Å²) in [6, 6.07) is 4.40. The number of ether oxygens (including phenoxy) is 1. The normalized spacial score (nSPS) is 16.9. The third kappa shape index (κ3) is 4.58. The van der Waals surface area contributed by atoms with Gasteiger partial charge in [-0.15, -0.1) is 0 Å². The van der Waals surface area contributed by atoms with Crippen LogP contribution < -0.4 is 4.90 Å². The van der Waals surface area contributed by atoms with Gasteiger partial charge in [0.25, 0.3) is 0 Å². The Morgan fingerprint density at radius 3 is 2.78 bits per heavy atom. The van der Waals surface area contributed by atoms with E-state index in [1.165, 1.54) is 22.6 Å². The molecule has 6 heteroatoms. The maximum atomic E-state index is 5.84. The van der Waals surface area contributed by atoms with Gasteiger partial charge in [0, 0.05) is 41.9 Å². The zero-order valence-electron chi connectivity index (χ0n) is 14.3. The molecule has 3 heterocycles. The molecular weight excluding hydrogens is 326 g/mol. The van der Waals surface area contributed by atoms with Crippen LogP contribution in [0.25, 0.3) is 11.0 Å². The first-order valence-corrected chi connectivity index (χ1v) is 12.2. The molecule has 4 nitrogen and oxygen atoms in total. The molecule has 3 rings (SSSR count). The van der Waals surface area contributed by atoms with E-state index in [4.69, 9.17) is 4.74 Å². The van der Waals surface area contributed by atoms with E-state index in [2.05, 4.69) is 51.5 Å². The van der Waals surface area contributed by atoms with Crippen molar-refractivity contribution in [1.82, 2.24) is 9.55 Å². The van der Waals surface area contributed by atoms with Gasteiger partial charge in [-0.3, -0.25) is 0 Å². The molecule has 0 spiro atoms. The van der Waals surface area contributed by atoms with Crippen LogP contribution in [0.3, 0.4) is 0 Å². The van der Waals surface area contributed by atoms with Crippen molar-refractivity contribution < 1.29 is 4.74 Å². The van der Waals surface area contributed by atoms with Crippen LogP contribution in [0.2, 0.25) is 0 Å². The van der Waals surface area contributed by atoms with Gasteiger partial charge in [-0.25, -0.2) is 15.0 Å². The Kier molecular flexibility index (Phi) is 5.44. The minimum atomic E-state index is -0.483. The minimum absolute atomic E-state index is 0.483. The van der Waals surface area contributed by atoms with E-state index < -0.39 is 10.0 Å². The Hall–Kier alpha value is -0.850. The lowest BCUT2D eigenvalue weighted by molar-refractivity contribution is 0.0924. The summed E-state index contributed by atoms with van der Waals surface area (Å²) < 4.78 is 7.94. The van der Waals surface area contributed by atoms with Crippen LogP contribution in [-0.4, -0.2) is 65.3 Å². The summed E-state index contributed by atoms with van der Waals surface area (Å²) in [5, 5.41) is 1.20. The fourth-order valence-corrected chi connectivity index (χ4v) is 4.16. The van der Waals surface area contributed by atoms with Crippen LogP contribution in [0.4, 0.5) is 5.69 Å². The minimum Gasteiger partial charge on any atom is -0.369 e. The maximum absolute atomic E-state index is 5.84. The number of nitrogens with zero attached hydrogens (tertiary/aromatic N) is 3. The fourth-order valence-electron chi connectivity index (χ4n) is 2.64. The van der Waals surface area contributed by atoms with Crippen molar-refractivity contribution in [3.05, 3.63) is 24.5 Å². The molecule has 0 radical (unpaired) electrons. The van der Waals surface area contributed by atoms with Crippen molar-refractivity contribution in [1.29, 1.82) is 0 Å². The lowest BCUT2D eigenvalue weighted by atomic mass is 10.3. The smallest absolute Gasteiger partial charge is 0.141 e.